The fourth-order valence-corrected chi connectivity index (χ4v) is 3.33. The van der Waals surface area contributed by atoms with E-state index in [9.17, 15) is 0 Å². The predicted molar refractivity (Wildman–Crippen MR) is 80.5 cm³/mol. The molecule has 104 valence electrons. The van der Waals surface area contributed by atoms with Gasteiger partial charge >= 0.3 is 0 Å². The topological polar surface area (TPSA) is 47.3 Å². The van der Waals surface area contributed by atoms with Crippen LogP contribution in [0.2, 0.25) is 0 Å². The Bertz CT molecular complexity index is 704. The fraction of sp³-hybridized carbons (Fsp3) is 0.267. The number of ether oxygens (including phenoxy) is 1. The van der Waals surface area contributed by atoms with E-state index >= 15 is 0 Å². The molecule has 0 radical (unpaired) electrons. The second-order valence-corrected chi connectivity index (χ2v) is 5.80. The lowest BCUT2D eigenvalue weighted by molar-refractivity contribution is 0.202. The average molecular weight is 288 g/mol. The number of aliphatic hydroxyl groups is 1. The zero-order valence-corrected chi connectivity index (χ0v) is 12.1. The maximum absolute atomic E-state index is 9.00. The molecule has 0 aliphatic rings. The van der Waals surface area contributed by atoms with Gasteiger partial charge in [0.15, 0.2) is 0 Å². The van der Waals surface area contributed by atoms with Crippen LogP contribution in [0.3, 0.4) is 0 Å². The third-order valence-electron chi connectivity index (χ3n) is 3.09. The molecular formula is C15H16N2O2S. The van der Waals surface area contributed by atoms with Gasteiger partial charge in [0.05, 0.1) is 24.4 Å². The number of thiophene rings is 1. The molecule has 3 rings (SSSR count). The number of fused-ring (bicyclic) bond motifs is 1. The highest BCUT2D eigenvalue weighted by Crippen LogP contribution is 2.38. The van der Waals surface area contributed by atoms with E-state index in [1.807, 2.05) is 10.8 Å². The quantitative estimate of drug-likeness (QED) is 0.785. The Morgan fingerprint density at radius 3 is 3.05 bits per heavy atom. The summed E-state index contributed by atoms with van der Waals surface area (Å²) in [4.78, 5) is 5.22. The van der Waals surface area contributed by atoms with Crippen molar-refractivity contribution in [3.63, 3.8) is 0 Å². The summed E-state index contributed by atoms with van der Waals surface area (Å²) in [6.45, 7) is 3.14. The summed E-state index contributed by atoms with van der Waals surface area (Å²) < 4.78 is 8.99. The van der Waals surface area contributed by atoms with Crippen molar-refractivity contribution in [1.82, 2.24) is 9.55 Å². The second-order valence-electron chi connectivity index (χ2n) is 4.66. The van der Waals surface area contributed by atoms with Crippen molar-refractivity contribution in [2.75, 3.05) is 13.2 Å². The summed E-state index contributed by atoms with van der Waals surface area (Å²) in [7, 11) is 0. The van der Waals surface area contributed by atoms with Crippen LogP contribution in [0, 0.1) is 6.92 Å². The number of imidazole rings is 1. The van der Waals surface area contributed by atoms with Crippen molar-refractivity contribution in [3.8, 4) is 5.75 Å². The highest BCUT2D eigenvalue weighted by molar-refractivity contribution is 7.19. The zero-order chi connectivity index (χ0) is 13.9. The van der Waals surface area contributed by atoms with Crippen molar-refractivity contribution in [2.24, 2.45) is 0 Å². The van der Waals surface area contributed by atoms with Gasteiger partial charge in [0.2, 0.25) is 0 Å². The predicted octanol–water partition coefficient (Wildman–Crippen LogP) is 2.83. The van der Waals surface area contributed by atoms with E-state index in [-0.39, 0.29) is 6.61 Å². The molecule has 0 aliphatic carbocycles. The third-order valence-corrected chi connectivity index (χ3v) is 4.23. The molecule has 3 aromatic rings. The molecule has 20 heavy (non-hydrogen) atoms. The molecule has 0 saturated heterocycles. The van der Waals surface area contributed by atoms with Gasteiger partial charge in [-0.05, 0) is 19.1 Å². The number of rotatable bonds is 5. The Morgan fingerprint density at radius 2 is 2.30 bits per heavy atom. The maximum Gasteiger partial charge on any atom is 0.143 e. The maximum atomic E-state index is 9.00. The smallest absolute Gasteiger partial charge is 0.143 e. The van der Waals surface area contributed by atoms with Gasteiger partial charge in [0, 0.05) is 22.5 Å². The first-order valence-corrected chi connectivity index (χ1v) is 7.31. The van der Waals surface area contributed by atoms with Gasteiger partial charge < -0.3 is 14.4 Å². The van der Waals surface area contributed by atoms with Crippen molar-refractivity contribution in [3.05, 3.63) is 47.4 Å². The Morgan fingerprint density at radius 1 is 1.40 bits per heavy atom. The molecule has 1 N–H and O–H groups in total. The number of hydrogen-bond acceptors (Lipinski definition) is 4. The molecule has 0 bridgehead atoms. The van der Waals surface area contributed by atoms with E-state index in [1.54, 1.807) is 23.9 Å². The lowest BCUT2D eigenvalue weighted by Gasteiger charge is -2.07. The molecule has 0 saturated carbocycles. The number of nitrogens with zero attached hydrogens (tertiary/aromatic N) is 2. The summed E-state index contributed by atoms with van der Waals surface area (Å²) in [5, 5.41) is 10.1. The highest BCUT2D eigenvalue weighted by atomic mass is 32.1. The molecule has 1 aromatic carbocycles. The lowest BCUT2D eigenvalue weighted by atomic mass is 10.1. The molecule has 2 heterocycles. The summed E-state index contributed by atoms with van der Waals surface area (Å²) in [6, 6.07) is 6.37. The minimum Gasteiger partial charge on any atom is -0.489 e. The number of aliphatic hydroxyl groups excluding tert-OH is 1. The zero-order valence-electron chi connectivity index (χ0n) is 11.2. The van der Waals surface area contributed by atoms with Crippen molar-refractivity contribution in [1.29, 1.82) is 0 Å². The minimum atomic E-state index is 0.0215. The molecule has 0 spiro atoms. The first-order chi connectivity index (χ1) is 9.78. The van der Waals surface area contributed by atoms with E-state index in [1.165, 1.54) is 10.3 Å². The Labute approximate surface area is 121 Å². The van der Waals surface area contributed by atoms with E-state index in [0.717, 1.165) is 22.6 Å². The van der Waals surface area contributed by atoms with Gasteiger partial charge in [0.25, 0.3) is 0 Å². The van der Waals surface area contributed by atoms with E-state index in [4.69, 9.17) is 9.84 Å². The summed E-state index contributed by atoms with van der Waals surface area (Å²) in [6.07, 6.45) is 5.50. The van der Waals surface area contributed by atoms with E-state index in [0.29, 0.717) is 6.61 Å². The van der Waals surface area contributed by atoms with Gasteiger partial charge in [-0.3, -0.25) is 0 Å². The van der Waals surface area contributed by atoms with Crippen LogP contribution in [0.1, 0.15) is 10.4 Å². The number of aryl methyl sites for hydroxylation is 1. The first kappa shape index (κ1) is 13.1. The molecule has 0 amide bonds. The Balaban J connectivity index is 2.04. The molecule has 0 aliphatic heterocycles. The van der Waals surface area contributed by atoms with Crippen LogP contribution in [-0.4, -0.2) is 27.9 Å². The lowest BCUT2D eigenvalue weighted by Crippen LogP contribution is -2.04. The molecule has 0 atom stereocenters. The first-order valence-electron chi connectivity index (χ1n) is 6.49. The second kappa shape index (κ2) is 5.64. The number of hydrogen-bond donors (Lipinski definition) is 1. The fourth-order valence-electron chi connectivity index (χ4n) is 2.20. The van der Waals surface area contributed by atoms with Crippen LogP contribution in [-0.2, 0) is 6.54 Å². The standard InChI is InChI=1S/C15H16N2O2S/c1-11-2-3-13-12(8-11)15(19-7-6-18)14(20-13)9-17-5-4-16-10-17/h2-5,8,10,18H,6-7,9H2,1H3. The monoisotopic (exact) mass is 288 g/mol. The normalized spacial score (nSPS) is 11.1. The van der Waals surface area contributed by atoms with Crippen LogP contribution in [0.4, 0.5) is 0 Å². The molecular weight excluding hydrogens is 272 g/mol. The van der Waals surface area contributed by atoms with Crippen LogP contribution in [0.15, 0.2) is 36.9 Å². The van der Waals surface area contributed by atoms with Gasteiger partial charge in [-0.25, -0.2) is 4.98 Å². The van der Waals surface area contributed by atoms with Crippen LogP contribution >= 0.6 is 11.3 Å². The average Bonchev–Trinajstić information content (AvgIpc) is 3.05. The Hall–Kier alpha value is -1.85. The SMILES string of the molecule is Cc1ccc2sc(Cn3ccnc3)c(OCCO)c2c1. The largest absolute Gasteiger partial charge is 0.489 e. The molecule has 5 heteroatoms. The number of aromatic nitrogens is 2. The molecule has 2 aromatic heterocycles. The molecule has 4 nitrogen and oxygen atoms in total. The van der Waals surface area contributed by atoms with Crippen molar-refractivity contribution in [2.45, 2.75) is 13.5 Å². The summed E-state index contributed by atoms with van der Waals surface area (Å²) in [5.74, 6) is 0.886. The van der Waals surface area contributed by atoms with E-state index < -0.39 is 0 Å². The van der Waals surface area contributed by atoms with E-state index in [2.05, 4.69) is 30.1 Å². The van der Waals surface area contributed by atoms with Crippen LogP contribution < -0.4 is 4.74 Å². The van der Waals surface area contributed by atoms with Crippen LogP contribution in [0.25, 0.3) is 10.1 Å². The molecule has 0 unspecified atom stereocenters. The minimum absolute atomic E-state index is 0.0215. The van der Waals surface area contributed by atoms with Crippen molar-refractivity contribution >= 4 is 21.4 Å². The highest BCUT2D eigenvalue weighted by Gasteiger charge is 2.14. The van der Waals surface area contributed by atoms with Gasteiger partial charge in [-0.1, -0.05) is 11.6 Å². The van der Waals surface area contributed by atoms with Gasteiger partial charge in [0.1, 0.15) is 12.4 Å². The van der Waals surface area contributed by atoms with Gasteiger partial charge in [-0.15, -0.1) is 11.3 Å². The van der Waals surface area contributed by atoms with Gasteiger partial charge in [-0.2, -0.15) is 0 Å². The summed E-state index contributed by atoms with van der Waals surface area (Å²) >= 11 is 1.73. The third kappa shape index (κ3) is 2.55. The molecule has 0 fully saturated rings. The summed E-state index contributed by atoms with van der Waals surface area (Å²) in [5.41, 5.74) is 1.21. The number of benzene rings is 1. The Kier molecular flexibility index (Phi) is 3.71. The van der Waals surface area contributed by atoms with Crippen LogP contribution in [0.5, 0.6) is 5.75 Å². The van der Waals surface area contributed by atoms with Crippen molar-refractivity contribution < 1.29 is 9.84 Å².